The summed E-state index contributed by atoms with van der Waals surface area (Å²) in [6, 6.07) is 0. The zero-order valence-corrected chi connectivity index (χ0v) is 8.29. The topological polar surface area (TPSA) is 29.5 Å². The first kappa shape index (κ1) is 12.4. The van der Waals surface area contributed by atoms with E-state index >= 15 is 0 Å². The molecule has 0 aromatic rings. The molecule has 0 heterocycles. The molecule has 0 rings (SSSR count). The van der Waals surface area contributed by atoms with Gasteiger partial charge >= 0.3 is 0 Å². The van der Waals surface area contributed by atoms with E-state index < -0.39 is 0 Å². The van der Waals surface area contributed by atoms with E-state index in [2.05, 4.69) is 23.7 Å². The van der Waals surface area contributed by atoms with Crippen molar-refractivity contribution in [1.29, 1.82) is 0 Å². The number of aliphatic hydroxyl groups is 1. The van der Waals surface area contributed by atoms with Crippen LogP contribution in [0.1, 0.15) is 12.8 Å². The Labute approximate surface area is 85.3 Å². The molecule has 0 aliphatic rings. The van der Waals surface area contributed by atoms with Crippen molar-refractivity contribution >= 4 is 0 Å². The molecule has 2 heteroatoms. The Balaban J connectivity index is 3.53. The quantitative estimate of drug-likeness (QED) is 0.415. The Hall–Kier alpha value is -1.64. The zero-order chi connectivity index (χ0) is 10.5. The smallest absolute Gasteiger partial charge is 0.104 e. The normalized spacial score (nSPS) is 9.29. The molecular formula is C12H14O2. The summed E-state index contributed by atoms with van der Waals surface area (Å²) in [4.78, 5) is 0. The second-order valence-corrected chi connectivity index (χ2v) is 2.28. The van der Waals surface area contributed by atoms with Crippen LogP contribution in [0.4, 0.5) is 0 Å². The second kappa shape index (κ2) is 11.4. The maximum Gasteiger partial charge on any atom is 0.104 e. The number of hydrogen-bond acceptors (Lipinski definition) is 2. The summed E-state index contributed by atoms with van der Waals surface area (Å²) in [7, 11) is 1.62. The first-order chi connectivity index (χ1) is 6.91. The van der Waals surface area contributed by atoms with E-state index in [0.717, 1.165) is 12.8 Å². The molecule has 0 bridgehead atoms. The standard InChI is InChI=1S/C12H14O2/c1-14-12-10-8-6-4-2-3-5-7-9-11-13/h3,5,10,12-13H,6,8,11H2,1H3/b5-3+,12-10+. The van der Waals surface area contributed by atoms with E-state index in [1.807, 2.05) is 6.08 Å². The van der Waals surface area contributed by atoms with E-state index in [4.69, 9.17) is 9.84 Å². The largest absolute Gasteiger partial charge is 0.505 e. The Morgan fingerprint density at radius 2 is 1.93 bits per heavy atom. The highest BCUT2D eigenvalue weighted by Crippen LogP contribution is 1.88. The molecule has 0 amide bonds. The Kier molecular flexibility index (Phi) is 10.0. The number of aliphatic hydroxyl groups excluding tert-OH is 1. The van der Waals surface area contributed by atoms with Crippen LogP contribution in [-0.2, 0) is 4.74 Å². The molecule has 0 radical (unpaired) electrons. The molecular weight excluding hydrogens is 176 g/mol. The lowest BCUT2D eigenvalue weighted by molar-refractivity contribution is 0.336. The highest BCUT2D eigenvalue weighted by atomic mass is 16.5. The van der Waals surface area contributed by atoms with Crippen molar-refractivity contribution in [3.05, 3.63) is 24.5 Å². The molecule has 0 atom stereocenters. The van der Waals surface area contributed by atoms with Crippen molar-refractivity contribution in [2.45, 2.75) is 12.8 Å². The maximum absolute atomic E-state index is 8.33. The van der Waals surface area contributed by atoms with Gasteiger partial charge in [-0.05, 0) is 24.6 Å². The first-order valence-electron chi connectivity index (χ1n) is 4.32. The predicted molar refractivity (Wildman–Crippen MR) is 57.2 cm³/mol. The third kappa shape index (κ3) is 10.4. The summed E-state index contributed by atoms with van der Waals surface area (Å²) in [6.45, 7) is -0.112. The summed E-state index contributed by atoms with van der Waals surface area (Å²) in [5.74, 6) is 10.9. The number of methoxy groups -OCH3 is 1. The lowest BCUT2D eigenvalue weighted by Gasteiger charge is -1.84. The lowest BCUT2D eigenvalue weighted by atomic mass is 10.3. The average molecular weight is 190 g/mol. The van der Waals surface area contributed by atoms with Gasteiger partial charge in [0.25, 0.3) is 0 Å². The van der Waals surface area contributed by atoms with Gasteiger partial charge in [0.05, 0.1) is 13.4 Å². The van der Waals surface area contributed by atoms with Gasteiger partial charge in [-0.25, -0.2) is 0 Å². The number of hydrogen-bond donors (Lipinski definition) is 1. The molecule has 0 fully saturated rings. The van der Waals surface area contributed by atoms with Gasteiger partial charge in [0.15, 0.2) is 0 Å². The Bertz CT molecular complexity index is 292. The highest BCUT2D eigenvalue weighted by Gasteiger charge is 1.73. The van der Waals surface area contributed by atoms with Crippen LogP contribution in [0.15, 0.2) is 24.5 Å². The fraction of sp³-hybridized carbons (Fsp3) is 0.333. The summed E-state index contributed by atoms with van der Waals surface area (Å²) >= 11 is 0. The Morgan fingerprint density at radius 3 is 2.57 bits per heavy atom. The van der Waals surface area contributed by atoms with Gasteiger partial charge in [0.2, 0.25) is 0 Å². The van der Waals surface area contributed by atoms with Gasteiger partial charge in [0, 0.05) is 6.42 Å². The lowest BCUT2D eigenvalue weighted by Crippen LogP contribution is -1.68. The first-order valence-corrected chi connectivity index (χ1v) is 4.32. The van der Waals surface area contributed by atoms with E-state index in [-0.39, 0.29) is 6.61 Å². The minimum absolute atomic E-state index is 0.112. The van der Waals surface area contributed by atoms with Gasteiger partial charge in [-0.15, -0.1) is 0 Å². The fourth-order valence-corrected chi connectivity index (χ4v) is 0.639. The van der Waals surface area contributed by atoms with Gasteiger partial charge in [-0.1, -0.05) is 23.7 Å². The van der Waals surface area contributed by atoms with Gasteiger partial charge in [-0.2, -0.15) is 0 Å². The van der Waals surface area contributed by atoms with Crippen molar-refractivity contribution < 1.29 is 9.84 Å². The highest BCUT2D eigenvalue weighted by molar-refractivity contribution is 5.24. The van der Waals surface area contributed by atoms with Crippen LogP contribution < -0.4 is 0 Å². The minimum atomic E-state index is -0.112. The molecule has 0 saturated carbocycles. The zero-order valence-electron chi connectivity index (χ0n) is 8.29. The van der Waals surface area contributed by atoms with Crippen LogP contribution in [0.2, 0.25) is 0 Å². The van der Waals surface area contributed by atoms with Crippen molar-refractivity contribution in [3.8, 4) is 23.7 Å². The molecule has 0 aromatic heterocycles. The molecule has 0 aliphatic carbocycles. The number of rotatable bonds is 3. The third-order valence-electron chi connectivity index (χ3n) is 1.20. The fourth-order valence-electron chi connectivity index (χ4n) is 0.639. The van der Waals surface area contributed by atoms with Crippen LogP contribution >= 0.6 is 0 Å². The maximum atomic E-state index is 8.33. The number of allylic oxidation sites excluding steroid dienone is 3. The van der Waals surface area contributed by atoms with Crippen LogP contribution in [0.5, 0.6) is 0 Å². The number of ether oxygens (including phenoxy) is 1. The van der Waals surface area contributed by atoms with E-state index in [1.165, 1.54) is 0 Å². The molecule has 1 N–H and O–H groups in total. The van der Waals surface area contributed by atoms with Crippen LogP contribution in [0, 0.1) is 23.7 Å². The second-order valence-electron chi connectivity index (χ2n) is 2.28. The van der Waals surface area contributed by atoms with Crippen molar-refractivity contribution in [2.75, 3.05) is 13.7 Å². The molecule has 0 saturated heterocycles. The molecule has 74 valence electrons. The van der Waals surface area contributed by atoms with Crippen LogP contribution in [0.3, 0.4) is 0 Å². The average Bonchev–Trinajstić information content (AvgIpc) is 2.21. The molecule has 2 nitrogen and oxygen atoms in total. The minimum Gasteiger partial charge on any atom is -0.505 e. The van der Waals surface area contributed by atoms with Crippen molar-refractivity contribution in [2.24, 2.45) is 0 Å². The Morgan fingerprint density at radius 1 is 1.21 bits per heavy atom. The van der Waals surface area contributed by atoms with E-state index in [9.17, 15) is 0 Å². The summed E-state index contributed by atoms with van der Waals surface area (Å²) in [5.41, 5.74) is 0. The van der Waals surface area contributed by atoms with Crippen molar-refractivity contribution in [3.63, 3.8) is 0 Å². The summed E-state index contributed by atoms with van der Waals surface area (Å²) < 4.78 is 4.73. The van der Waals surface area contributed by atoms with E-state index in [0.29, 0.717) is 0 Å². The molecule has 0 aromatic carbocycles. The van der Waals surface area contributed by atoms with Crippen LogP contribution in [0.25, 0.3) is 0 Å². The van der Waals surface area contributed by atoms with E-state index in [1.54, 1.807) is 25.5 Å². The summed E-state index contributed by atoms with van der Waals surface area (Å²) in [6.07, 6.45) is 8.54. The van der Waals surface area contributed by atoms with Gasteiger partial charge < -0.3 is 9.84 Å². The van der Waals surface area contributed by atoms with Crippen molar-refractivity contribution in [1.82, 2.24) is 0 Å². The predicted octanol–water partition coefficient (Wildman–Crippen LogP) is 1.48. The van der Waals surface area contributed by atoms with Gasteiger partial charge in [-0.3, -0.25) is 0 Å². The molecule has 0 spiro atoms. The molecule has 14 heavy (non-hydrogen) atoms. The van der Waals surface area contributed by atoms with Gasteiger partial charge in [0.1, 0.15) is 6.61 Å². The summed E-state index contributed by atoms with van der Waals surface area (Å²) in [5, 5.41) is 8.33. The monoisotopic (exact) mass is 190 g/mol. The molecule has 0 unspecified atom stereocenters. The van der Waals surface area contributed by atoms with Crippen LogP contribution in [-0.4, -0.2) is 18.8 Å². The SMILES string of the molecule is CO/C=C/CCC#C/C=C/C#CCO. The number of unbranched alkanes of at least 4 members (excludes halogenated alkanes) is 1. The molecule has 0 aliphatic heterocycles. The third-order valence-corrected chi connectivity index (χ3v) is 1.20.